The Kier molecular flexibility index (Phi) is 9.22. The molecule has 0 saturated heterocycles. The maximum Gasteiger partial charge on any atom is 0.424 e. The van der Waals surface area contributed by atoms with E-state index in [1.165, 1.54) is 65.8 Å². The molecule has 0 aliphatic rings. The van der Waals surface area contributed by atoms with Crippen LogP contribution in [0.25, 0.3) is 0 Å². The molecule has 0 N–H and O–H groups in total. The van der Waals surface area contributed by atoms with Crippen LogP contribution in [0.3, 0.4) is 0 Å². The molecule has 0 atom stereocenters. The summed E-state index contributed by atoms with van der Waals surface area (Å²) >= 11 is 0. The average Bonchev–Trinajstić information content (AvgIpc) is 2.68. The number of esters is 1. The van der Waals surface area contributed by atoms with Crippen molar-refractivity contribution in [1.82, 2.24) is 9.21 Å². The van der Waals surface area contributed by atoms with E-state index in [0.29, 0.717) is 0 Å². The van der Waals surface area contributed by atoms with E-state index in [1.807, 2.05) is 0 Å². The van der Waals surface area contributed by atoms with Gasteiger partial charge in [0.25, 0.3) is 15.9 Å². The second kappa shape index (κ2) is 10.9. The third kappa shape index (κ3) is 8.39. The molecular formula is C23H32N2O9S. The van der Waals surface area contributed by atoms with Crippen molar-refractivity contribution in [2.24, 2.45) is 0 Å². The largest absolute Gasteiger partial charge is 0.464 e. The molecule has 1 aromatic rings. The Labute approximate surface area is 205 Å². The lowest BCUT2D eigenvalue weighted by molar-refractivity contribution is -0.141. The van der Waals surface area contributed by atoms with Crippen LogP contribution in [0.1, 0.15) is 47.1 Å². The van der Waals surface area contributed by atoms with Gasteiger partial charge in [0.15, 0.2) is 0 Å². The maximum absolute atomic E-state index is 13.3. The minimum absolute atomic E-state index is 0.174. The molecule has 0 bridgehead atoms. The highest BCUT2D eigenvalue weighted by molar-refractivity contribution is 7.89. The van der Waals surface area contributed by atoms with Gasteiger partial charge < -0.3 is 14.2 Å². The molecule has 0 radical (unpaired) electrons. The van der Waals surface area contributed by atoms with Crippen molar-refractivity contribution in [3.8, 4) is 0 Å². The Balaban J connectivity index is 3.53. The van der Waals surface area contributed by atoms with E-state index in [1.54, 1.807) is 6.92 Å². The Morgan fingerprint density at radius 3 is 1.77 bits per heavy atom. The van der Waals surface area contributed by atoms with E-state index >= 15 is 0 Å². The topological polar surface area (TPSA) is 137 Å². The molecule has 0 aliphatic carbocycles. The lowest BCUT2D eigenvalue weighted by atomic mass is 10.2. The minimum Gasteiger partial charge on any atom is -0.464 e. The predicted octanol–water partition coefficient (Wildman–Crippen LogP) is 3.37. The van der Waals surface area contributed by atoms with Gasteiger partial charge in [-0.3, -0.25) is 4.79 Å². The van der Waals surface area contributed by atoms with Crippen molar-refractivity contribution in [1.29, 1.82) is 0 Å². The van der Waals surface area contributed by atoms with Gasteiger partial charge in [0, 0.05) is 0 Å². The number of carbonyl (C=O) groups excluding carboxylic acids is 4. The van der Waals surface area contributed by atoms with Gasteiger partial charge in [0.1, 0.15) is 23.4 Å². The number of methoxy groups -OCH3 is 1. The summed E-state index contributed by atoms with van der Waals surface area (Å²) in [4.78, 5) is 50.8. The first-order chi connectivity index (χ1) is 15.8. The minimum atomic E-state index is -4.62. The quantitative estimate of drug-likeness (QED) is 0.319. The number of hydrogen-bond acceptors (Lipinski definition) is 9. The zero-order valence-corrected chi connectivity index (χ0v) is 22.0. The molecule has 35 heavy (non-hydrogen) atoms. The standard InChI is InChI=1S/C23H32N2O9S/c1-15-10-12-17(13-11-15)35(30,31)24(20(28)33-22(3,4)5)14-18(26)25(16(2)19(27)32-9)21(29)34-23(6,7)8/h10-13H,2,14H2,1,3-9H3. The van der Waals surface area contributed by atoms with Crippen LogP contribution < -0.4 is 0 Å². The third-order valence-corrected chi connectivity index (χ3v) is 5.73. The second-order valence-electron chi connectivity index (χ2n) is 9.45. The molecule has 0 heterocycles. The number of carbonyl (C=O) groups is 4. The second-order valence-corrected chi connectivity index (χ2v) is 11.3. The zero-order valence-electron chi connectivity index (χ0n) is 21.2. The summed E-state index contributed by atoms with van der Waals surface area (Å²) in [6.07, 6.45) is -2.67. The van der Waals surface area contributed by atoms with E-state index in [9.17, 15) is 27.6 Å². The summed E-state index contributed by atoms with van der Waals surface area (Å²) in [6.45, 7) is 13.0. The van der Waals surface area contributed by atoms with Crippen LogP contribution >= 0.6 is 0 Å². The fourth-order valence-electron chi connectivity index (χ4n) is 2.47. The molecule has 1 rings (SSSR count). The normalized spacial score (nSPS) is 11.8. The molecule has 11 nitrogen and oxygen atoms in total. The highest BCUT2D eigenvalue weighted by Crippen LogP contribution is 2.22. The van der Waals surface area contributed by atoms with Crippen molar-refractivity contribution >= 4 is 34.1 Å². The van der Waals surface area contributed by atoms with Crippen LogP contribution in [-0.2, 0) is 33.8 Å². The molecule has 0 unspecified atom stereocenters. The Morgan fingerprint density at radius 1 is 0.886 bits per heavy atom. The maximum atomic E-state index is 13.3. The lowest BCUT2D eigenvalue weighted by Gasteiger charge is -2.29. The first kappa shape index (κ1) is 29.6. The monoisotopic (exact) mass is 512 g/mol. The number of sulfonamides is 1. The van der Waals surface area contributed by atoms with Crippen molar-refractivity contribution in [2.75, 3.05) is 13.7 Å². The van der Waals surface area contributed by atoms with E-state index < -0.39 is 57.5 Å². The number of imide groups is 1. The molecule has 194 valence electrons. The first-order valence-corrected chi connectivity index (χ1v) is 11.9. The first-order valence-electron chi connectivity index (χ1n) is 10.5. The number of aryl methyl sites for hydroxylation is 1. The van der Waals surface area contributed by atoms with Gasteiger partial charge in [-0.25, -0.2) is 27.7 Å². The molecule has 0 spiro atoms. The van der Waals surface area contributed by atoms with Crippen LogP contribution in [0.5, 0.6) is 0 Å². The molecule has 0 aromatic heterocycles. The van der Waals surface area contributed by atoms with Crippen LogP contribution in [0.15, 0.2) is 41.4 Å². The van der Waals surface area contributed by atoms with Gasteiger partial charge in [0.05, 0.1) is 12.0 Å². The average molecular weight is 513 g/mol. The van der Waals surface area contributed by atoms with Gasteiger partial charge in [-0.1, -0.05) is 24.3 Å². The summed E-state index contributed by atoms with van der Waals surface area (Å²) in [7, 11) is -3.62. The van der Waals surface area contributed by atoms with Crippen molar-refractivity contribution in [2.45, 2.75) is 64.6 Å². The molecule has 0 fully saturated rings. The fourth-order valence-corrected chi connectivity index (χ4v) is 3.72. The van der Waals surface area contributed by atoms with E-state index in [0.717, 1.165) is 12.7 Å². The summed E-state index contributed by atoms with van der Waals surface area (Å²) in [5, 5.41) is 0. The fraction of sp³-hybridized carbons (Fsp3) is 0.478. The van der Waals surface area contributed by atoms with Crippen LogP contribution in [0.4, 0.5) is 9.59 Å². The van der Waals surface area contributed by atoms with Crippen LogP contribution in [-0.4, -0.2) is 66.5 Å². The highest BCUT2D eigenvalue weighted by Gasteiger charge is 2.39. The number of ether oxygens (including phenoxy) is 3. The molecule has 3 amide bonds. The third-order valence-electron chi connectivity index (χ3n) is 4.00. The van der Waals surface area contributed by atoms with Crippen LogP contribution in [0.2, 0.25) is 0 Å². The highest BCUT2D eigenvalue weighted by atomic mass is 32.2. The predicted molar refractivity (Wildman–Crippen MR) is 126 cm³/mol. The molecule has 0 aliphatic heterocycles. The number of benzene rings is 1. The van der Waals surface area contributed by atoms with Gasteiger partial charge in [-0.2, -0.15) is 4.31 Å². The van der Waals surface area contributed by atoms with E-state index in [-0.39, 0.29) is 14.1 Å². The molecule has 12 heteroatoms. The Bertz CT molecular complexity index is 1100. The zero-order chi connectivity index (χ0) is 27.4. The molecule has 0 saturated carbocycles. The number of nitrogens with zero attached hydrogens (tertiary/aromatic N) is 2. The summed E-state index contributed by atoms with van der Waals surface area (Å²) in [5.41, 5.74) is -2.16. The van der Waals surface area contributed by atoms with E-state index in [4.69, 9.17) is 9.47 Å². The molecular weight excluding hydrogens is 480 g/mol. The SMILES string of the molecule is C=C(C(=O)OC)N(C(=O)CN(C(=O)OC(C)(C)C)S(=O)(=O)c1ccc(C)cc1)C(=O)OC(C)(C)C. The Morgan fingerprint density at radius 2 is 1.34 bits per heavy atom. The van der Waals surface area contributed by atoms with Gasteiger partial charge in [-0.15, -0.1) is 0 Å². The van der Waals surface area contributed by atoms with Crippen molar-refractivity contribution in [3.05, 3.63) is 42.1 Å². The number of rotatable bonds is 6. The molecule has 1 aromatic carbocycles. The summed E-state index contributed by atoms with van der Waals surface area (Å²) in [6, 6.07) is 5.53. The van der Waals surface area contributed by atoms with Crippen LogP contribution in [0, 0.1) is 6.92 Å². The number of hydrogen-bond donors (Lipinski definition) is 0. The summed E-state index contributed by atoms with van der Waals surface area (Å²) in [5.74, 6) is -2.44. The van der Waals surface area contributed by atoms with Gasteiger partial charge >= 0.3 is 18.2 Å². The van der Waals surface area contributed by atoms with Crippen molar-refractivity contribution in [3.63, 3.8) is 0 Å². The lowest BCUT2D eigenvalue weighted by Crippen LogP contribution is -2.50. The van der Waals surface area contributed by atoms with Gasteiger partial charge in [-0.05, 0) is 60.6 Å². The van der Waals surface area contributed by atoms with Gasteiger partial charge in [0.2, 0.25) is 0 Å². The summed E-state index contributed by atoms with van der Waals surface area (Å²) < 4.78 is 41.7. The smallest absolute Gasteiger partial charge is 0.424 e. The Hall–Kier alpha value is -3.41. The number of amides is 3. The van der Waals surface area contributed by atoms with E-state index in [2.05, 4.69) is 11.3 Å². The van der Waals surface area contributed by atoms with Crippen molar-refractivity contribution < 1.29 is 41.8 Å².